The van der Waals surface area contributed by atoms with Gasteiger partial charge in [0.2, 0.25) is 11.8 Å². The normalized spacial score (nSPS) is 17.4. The lowest BCUT2D eigenvalue weighted by atomic mass is 9.78. The van der Waals surface area contributed by atoms with Crippen molar-refractivity contribution in [2.24, 2.45) is 5.92 Å². The van der Waals surface area contributed by atoms with Crippen LogP contribution in [0.1, 0.15) is 18.4 Å². The summed E-state index contributed by atoms with van der Waals surface area (Å²) in [5.74, 6) is -3.29. The number of benzene rings is 2. The summed E-state index contributed by atoms with van der Waals surface area (Å²) < 4.78 is 10.3. The van der Waals surface area contributed by atoms with Crippen molar-refractivity contribution in [2.45, 2.75) is 12.8 Å². The molecule has 0 radical (unpaired) electrons. The highest BCUT2D eigenvalue weighted by molar-refractivity contribution is 8.03. The average molecular weight is 500 g/mol. The van der Waals surface area contributed by atoms with E-state index in [0.29, 0.717) is 28.6 Å². The molecule has 0 spiro atoms. The van der Waals surface area contributed by atoms with Crippen molar-refractivity contribution in [3.8, 4) is 11.8 Å². The van der Waals surface area contributed by atoms with E-state index in [2.05, 4.69) is 16.7 Å². The van der Waals surface area contributed by atoms with Crippen molar-refractivity contribution in [1.29, 1.82) is 5.26 Å². The number of amides is 2. The van der Waals surface area contributed by atoms with Crippen LogP contribution in [-0.4, -0.2) is 37.3 Å². The standard InChI is InChI=1S/C24H22ClN3O5S/c1-3-33-17-9-7-14(8-10-17)20-18(12-26)23(28-22(30)21(20)24(31)32-2)34-13-19(29)27-16-6-4-5-15(25)11-16/h4-11,20-21H,3,13H2,1-2H3,(H,27,29)(H,28,30). The van der Waals surface area contributed by atoms with Gasteiger partial charge in [0.25, 0.3) is 0 Å². The smallest absolute Gasteiger partial charge is 0.319 e. The first-order chi connectivity index (χ1) is 16.4. The molecule has 3 rings (SSSR count). The summed E-state index contributed by atoms with van der Waals surface area (Å²) in [6, 6.07) is 15.6. The first-order valence-electron chi connectivity index (χ1n) is 10.3. The molecule has 2 unspecified atom stereocenters. The van der Waals surface area contributed by atoms with Crippen LogP contribution < -0.4 is 15.4 Å². The van der Waals surface area contributed by atoms with Crippen LogP contribution in [0.25, 0.3) is 0 Å². The number of anilines is 1. The molecule has 2 amide bonds. The van der Waals surface area contributed by atoms with Gasteiger partial charge in [-0.1, -0.05) is 41.6 Å². The predicted molar refractivity (Wildman–Crippen MR) is 129 cm³/mol. The Labute approximate surface area is 206 Å². The van der Waals surface area contributed by atoms with Crippen LogP contribution in [0, 0.1) is 17.2 Å². The van der Waals surface area contributed by atoms with Gasteiger partial charge in [0.05, 0.1) is 36.1 Å². The van der Waals surface area contributed by atoms with E-state index >= 15 is 0 Å². The Balaban J connectivity index is 1.88. The molecule has 34 heavy (non-hydrogen) atoms. The molecule has 0 saturated heterocycles. The van der Waals surface area contributed by atoms with E-state index in [0.717, 1.165) is 11.8 Å². The zero-order valence-corrected chi connectivity index (χ0v) is 20.0. The topological polar surface area (TPSA) is 118 Å². The van der Waals surface area contributed by atoms with Crippen LogP contribution in [-0.2, 0) is 19.1 Å². The van der Waals surface area contributed by atoms with E-state index in [1.807, 2.05) is 6.92 Å². The van der Waals surface area contributed by atoms with Crippen molar-refractivity contribution in [3.63, 3.8) is 0 Å². The summed E-state index contributed by atoms with van der Waals surface area (Å²) in [5.41, 5.74) is 1.27. The molecule has 1 aliphatic rings. The van der Waals surface area contributed by atoms with Gasteiger partial charge in [-0.2, -0.15) is 5.26 Å². The number of halogens is 1. The number of rotatable bonds is 8. The molecule has 0 saturated carbocycles. The predicted octanol–water partition coefficient (Wildman–Crippen LogP) is 3.85. The fraction of sp³-hybridized carbons (Fsp3) is 0.250. The minimum atomic E-state index is -1.25. The lowest BCUT2D eigenvalue weighted by Crippen LogP contribution is -2.44. The second kappa shape index (κ2) is 11.6. The van der Waals surface area contributed by atoms with Gasteiger partial charge >= 0.3 is 5.97 Å². The van der Waals surface area contributed by atoms with Gasteiger partial charge in [0, 0.05) is 16.6 Å². The summed E-state index contributed by atoms with van der Waals surface area (Å²) in [6.45, 7) is 2.34. The Kier molecular flexibility index (Phi) is 8.57. The van der Waals surface area contributed by atoms with Gasteiger partial charge in [0.15, 0.2) is 0 Å². The largest absolute Gasteiger partial charge is 0.494 e. The van der Waals surface area contributed by atoms with Crippen LogP contribution in [0.5, 0.6) is 5.75 Å². The fourth-order valence-corrected chi connectivity index (χ4v) is 4.56. The number of carbonyl (C=O) groups excluding carboxylic acids is 3. The SMILES string of the molecule is CCOc1ccc(C2C(C#N)=C(SCC(=O)Nc3cccc(Cl)c3)NC(=O)C2C(=O)OC)cc1. The van der Waals surface area contributed by atoms with Gasteiger partial charge < -0.3 is 20.1 Å². The number of methoxy groups -OCH3 is 1. The zero-order chi connectivity index (χ0) is 24.7. The number of carbonyl (C=O) groups is 3. The third-order valence-electron chi connectivity index (χ3n) is 4.99. The second-order valence-corrected chi connectivity index (χ2v) is 8.59. The van der Waals surface area contributed by atoms with E-state index < -0.39 is 23.7 Å². The molecule has 8 nitrogen and oxygen atoms in total. The maximum Gasteiger partial charge on any atom is 0.319 e. The van der Waals surface area contributed by atoms with E-state index in [1.165, 1.54) is 7.11 Å². The van der Waals surface area contributed by atoms with E-state index in [-0.39, 0.29) is 22.3 Å². The number of ether oxygens (including phenoxy) is 2. The molecule has 0 aliphatic carbocycles. The molecule has 176 valence electrons. The molecular formula is C24H22ClN3O5S. The Morgan fingerprint density at radius 1 is 1.24 bits per heavy atom. The first-order valence-corrected chi connectivity index (χ1v) is 11.7. The van der Waals surface area contributed by atoms with Crippen LogP contribution >= 0.6 is 23.4 Å². The molecule has 10 heteroatoms. The Hall–Kier alpha value is -3.48. The van der Waals surface area contributed by atoms with E-state index in [4.69, 9.17) is 21.1 Å². The Bertz CT molecular complexity index is 1160. The Morgan fingerprint density at radius 2 is 1.97 bits per heavy atom. The monoisotopic (exact) mass is 499 g/mol. The number of nitriles is 1. The van der Waals surface area contributed by atoms with Crippen molar-refractivity contribution < 1.29 is 23.9 Å². The van der Waals surface area contributed by atoms with E-state index in [9.17, 15) is 19.6 Å². The molecule has 1 heterocycles. The molecule has 2 N–H and O–H groups in total. The summed E-state index contributed by atoms with van der Waals surface area (Å²) in [5, 5.41) is 16.0. The quantitative estimate of drug-likeness (QED) is 0.418. The molecule has 1 aliphatic heterocycles. The number of nitrogens with one attached hydrogen (secondary N) is 2. The number of allylic oxidation sites excluding steroid dienone is 1. The number of hydrogen-bond donors (Lipinski definition) is 2. The number of hydrogen-bond acceptors (Lipinski definition) is 7. The molecule has 0 aromatic heterocycles. The molecule has 2 aromatic rings. The van der Waals surface area contributed by atoms with Gasteiger partial charge in [0.1, 0.15) is 11.7 Å². The zero-order valence-electron chi connectivity index (χ0n) is 18.5. The first kappa shape index (κ1) is 25.1. The highest BCUT2D eigenvalue weighted by Crippen LogP contribution is 2.40. The van der Waals surface area contributed by atoms with Crippen molar-refractivity contribution in [3.05, 3.63) is 69.7 Å². The second-order valence-electron chi connectivity index (χ2n) is 7.17. The fourth-order valence-electron chi connectivity index (χ4n) is 3.52. The summed E-state index contributed by atoms with van der Waals surface area (Å²) in [6.07, 6.45) is 0. The van der Waals surface area contributed by atoms with Crippen LogP contribution in [0.2, 0.25) is 5.02 Å². The number of nitrogens with zero attached hydrogens (tertiary/aromatic N) is 1. The van der Waals surface area contributed by atoms with Crippen LogP contribution in [0.3, 0.4) is 0 Å². The lowest BCUT2D eigenvalue weighted by Gasteiger charge is -2.31. The third kappa shape index (κ3) is 5.90. The molecular weight excluding hydrogens is 478 g/mol. The minimum Gasteiger partial charge on any atom is -0.494 e. The van der Waals surface area contributed by atoms with Gasteiger partial charge in [-0.25, -0.2) is 0 Å². The van der Waals surface area contributed by atoms with Crippen molar-refractivity contribution >= 4 is 46.8 Å². The molecule has 2 atom stereocenters. The molecule has 0 bridgehead atoms. The van der Waals surface area contributed by atoms with Gasteiger partial charge in [-0.15, -0.1) is 0 Å². The highest BCUT2D eigenvalue weighted by atomic mass is 35.5. The van der Waals surface area contributed by atoms with Gasteiger partial charge in [-0.3, -0.25) is 14.4 Å². The lowest BCUT2D eigenvalue weighted by molar-refractivity contribution is -0.150. The Morgan fingerprint density at radius 3 is 2.59 bits per heavy atom. The number of esters is 1. The van der Waals surface area contributed by atoms with E-state index in [1.54, 1.807) is 48.5 Å². The summed E-state index contributed by atoms with van der Waals surface area (Å²) in [7, 11) is 1.19. The summed E-state index contributed by atoms with van der Waals surface area (Å²) in [4.78, 5) is 37.8. The molecule has 0 fully saturated rings. The van der Waals surface area contributed by atoms with Crippen LogP contribution in [0.4, 0.5) is 5.69 Å². The van der Waals surface area contributed by atoms with Crippen molar-refractivity contribution in [1.82, 2.24) is 5.32 Å². The third-order valence-corrected chi connectivity index (χ3v) is 6.24. The van der Waals surface area contributed by atoms with Crippen LogP contribution in [0.15, 0.2) is 59.1 Å². The van der Waals surface area contributed by atoms with Gasteiger partial charge in [-0.05, 0) is 42.8 Å². The minimum absolute atomic E-state index is 0.0772. The highest BCUT2D eigenvalue weighted by Gasteiger charge is 2.44. The maximum absolute atomic E-state index is 12.9. The maximum atomic E-state index is 12.9. The van der Waals surface area contributed by atoms with Crippen molar-refractivity contribution in [2.75, 3.05) is 24.8 Å². The summed E-state index contributed by atoms with van der Waals surface area (Å²) >= 11 is 6.94. The average Bonchev–Trinajstić information content (AvgIpc) is 2.82. The molecule has 2 aromatic carbocycles. The number of thioether (sulfide) groups is 1.